The number of amides is 1. The zero-order valence-electron chi connectivity index (χ0n) is 10.7. The van der Waals surface area contributed by atoms with Crippen molar-refractivity contribution in [3.05, 3.63) is 22.4 Å². The Morgan fingerprint density at radius 1 is 1.47 bits per heavy atom. The lowest BCUT2D eigenvalue weighted by Gasteiger charge is -2.18. The van der Waals surface area contributed by atoms with E-state index in [9.17, 15) is 9.18 Å². The number of anilines is 1. The Kier molecular flexibility index (Phi) is 3.49. The molecule has 0 fully saturated rings. The lowest BCUT2D eigenvalue weighted by molar-refractivity contribution is 0.0635. The molecular formula is C12H13BrFN3O2. The summed E-state index contributed by atoms with van der Waals surface area (Å²) in [5, 5.41) is 2.46. The second-order valence-corrected chi connectivity index (χ2v) is 5.85. The molecule has 0 saturated carbocycles. The molecule has 0 atom stereocenters. The van der Waals surface area contributed by atoms with Crippen molar-refractivity contribution < 1.29 is 13.9 Å². The predicted octanol–water partition coefficient (Wildman–Crippen LogP) is 3.81. The number of benzene rings is 1. The Morgan fingerprint density at radius 3 is 2.79 bits per heavy atom. The van der Waals surface area contributed by atoms with Crippen LogP contribution >= 0.6 is 15.9 Å². The fourth-order valence-electron chi connectivity index (χ4n) is 1.46. The van der Waals surface area contributed by atoms with E-state index in [1.807, 2.05) is 0 Å². The van der Waals surface area contributed by atoms with Crippen LogP contribution in [0, 0.1) is 5.82 Å². The molecule has 0 aliphatic carbocycles. The summed E-state index contributed by atoms with van der Waals surface area (Å²) in [5.74, 6) is -0.193. The molecule has 2 N–H and O–H groups in total. The van der Waals surface area contributed by atoms with Crippen molar-refractivity contribution in [1.82, 2.24) is 9.97 Å². The molecular weight excluding hydrogens is 317 g/mol. The number of rotatable bonds is 1. The molecule has 0 aliphatic rings. The zero-order valence-corrected chi connectivity index (χ0v) is 12.3. The Bertz CT molecular complexity index is 595. The molecule has 1 amide bonds. The van der Waals surface area contributed by atoms with E-state index in [0.717, 1.165) is 0 Å². The van der Waals surface area contributed by atoms with Crippen LogP contribution in [0.1, 0.15) is 20.8 Å². The minimum absolute atomic E-state index is 0.210. The highest BCUT2D eigenvalue weighted by Crippen LogP contribution is 2.23. The van der Waals surface area contributed by atoms with Crippen molar-refractivity contribution in [1.29, 1.82) is 0 Å². The van der Waals surface area contributed by atoms with Crippen LogP contribution in [0.3, 0.4) is 0 Å². The number of halogens is 2. The van der Waals surface area contributed by atoms with Crippen LogP contribution in [0.5, 0.6) is 0 Å². The number of nitrogens with one attached hydrogen (secondary N) is 2. The van der Waals surface area contributed by atoms with Gasteiger partial charge in [0.1, 0.15) is 11.4 Å². The van der Waals surface area contributed by atoms with Gasteiger partial charge in [-0.05, 0) is 42.8 Å². The van der Waals surface area contributed by atoms with E-state index in [4.69, 9.17) is 4.74 Å². The standard InChI is InChI=1S/C12H13BrFN3O2/c1-12(2,3)19-11(18)17-10-15-8-4-6(13)7(14)5-9(8)16-10/h4-5H,1-3H3,(H2,15,16,17,18). The second-order valence-electron chi connectivity index (χ2n) is 5.00. The molecule has 0 bridgehead atoms. The average Bonchev–Trinajstić information content (AvgIpc) is 2.56. The molecule has 1 aromatic heterocycles. The van der Waals surface area contributed by atoms with E-state index in [0.29, 0.717) is 15.5 Å². The predicted molar refractivity (Wildman–Crippen MR) is 73.6 cm³/mol. The third kappa shape index (κ3) is 3.44. The smallest absolute Gasteiger partial charge is 0.414 e. The monoisotopic (exact) mass is 329 g/mol. The zero-order chi connectivity index (χ0) is 14.2. The highest BCUT2D eigenvalue weighted by Gasteiger charge is 2.17. The second kappa shape index (κ2) is 4.80. The molecule has 0 spiro atoms. The van der Waals surface area contributed by atoms with Crippen LogP contribution in [-0.2, 0) is 4.74 Å². The van der Waals surface area contributed by atoms with Crippen molar-refractivity contribution in [2.45, 2.75) is 26.4 Å². The number of imidazole rings is 1. The first-order valence-electron chi connectivity index (χ1n) is 5.59. The maximum atomic E-state index is 13.3. The number of carbonyl (C=O) groups is 1. The lowest BCUT2D eigenvalue weighted by Crippen LogP contribution is -2.27. The van der Waals surface area contributed by atoms with Crippen LogP contribution in [0.25, 0.3) is 11.0 Å². The number of hydrogen-bond donors (Lipinski definition) is 2. The highest BCUT2D eigenvalue weighted by molar-refractivity contribution is 9.10. The number of ether oxygens (including phenoxy) is 1. The largest absolute Gasteiger partial charge is 0.444 e. The number of nitrogens with zero attached hydrogens (tertiary/aromatic N) is 1. The van der Waals surface area contributed by atoms with E-state index in [1.165, 1.54) is 12.1 Å². The van der Waals surface area contributed by atoms with Crippen molar-refractivity contribution in [3.63, 3.8) is 0 Å². The van der Waals surface area contributed by atoms with Crippen LogP contribution in [-0.4, -0.2) is 21.7 Å². The Hall–Kier alpha value is -1.63. The van der Waals surface area contributed by atoms with Gasteiger partial charge in [0, 0.05) is 6.07 Å². The molecule has 2 aromatic rings. The van der Waals surface area contributed by atoms with Gasteiger partial charge in [-0.25, -0.2) is 14.2 Å². The first-order valence-corrected chi connectivity index (χ1v) is 6.39. The molecule has 1 aromatic carbocycles. The maximum Gasteiger partial charge on any atom is 0.414 e. The Balaban J connectivity index is 2.20. The van der Waals surface area contributed by atoms with Crippen LogP contribution in [0.2, 0.25) is 0 Å². The van der Waals surface area contributed by atoms with Crippen molar-refractivity contribution in [2.24, 2.45) is 0 Å². The Labute approximate surface area is 117 Å². The van der Waals surface area contributed by atoms with E-state index in [1.54, 1.807) is 20.8 Å². The topological polar surface area (TPSA) is 67.0 Å². The van der Waals surface area contributed by atoms with E-state index in [2.05, 4.69) is 31.2 Å². The van der Waals surface area contributed by atoms with Gasteiger partial charge in [0.25, 0.3) is 0 Å². The molecule has 0 aliphatic heterocycles. The molecule has 5 nitrogen and oxygen atoms in total. The molecule has 19 heavy (non-hydrogen) atoms. The van der Waals surface area contributed by atoms with Crippen LogP contribution in [0.4, 0.5) is 15.1 Å². The fraction of sp³-hybridized carbons (Fsp3) is 0.333. The normalized spacial score (nSPS) is 11.6. The molecule has 102 valence electrons. The van der Waals surface area contributed by atoms with E-state index >= 15 is 0 Å². The van der Waals surface area contributed by atoms with Gasteiger partial charge in [-0.2, -0.15) is 0 Å². The summed E-state index contributed by atoms with van der Waals surface area (Å²) >= 11 is 3.08. The Morgan fingerprint density at radius 2 is 2.16 bits per heavy atom. The molecule has 7 heteroatoms. The van der Waals surface area contributed by atoms with E-state index < -0.39 is 17.5 Å². The molecule has 1 heterocycles. The highest BCUT2D eigenvalue weighted by atomic mass is 79.9. The van der Waals surface area contributed by atoms with Gasteiger partial charge >= 0.3 is 6.09 Å². The minimum Gasteiger partial charge on any atom is -0.444 e. The van der Waals surface area contributed by atoms with Gasteiger partial charge in [0.15, 0.2) is 0 Å². The van der Waals surface area contributed by atoms with Gasteiger partial charge in [-0.15, -0.1) is 0 Å². The number of aromatic nitrogens is 2. The van der Waals surface area contributed by atoms with Crippen LogP contribution in [0.15, 0.2) is 16.6 Å². The molecule has 0 unspecified atom stereocenters. The van der Waals surface area contributed by atoms with Crippen LogP contribution < -0.4 is 5.32 Å². The third-order valence-corrected chi connectivity index (χ3v) is 2.75. The van der Waals surface area contributed by atoms with Crippen molar-refractivity contribution in [3.8, 4) is 0 Å². The first-order chi connectivity index (χ1) is 8.74. The van der Waals surface area contributed by atoms with Gasteiger partial charge < -0.3 is 9.72 Å². The average molecular weight is 330 g/mol. The SMILES string of the molecule is CC(C)(C)OC(=O)Nc1nc2cc(Br)c(F)cc2[nH]1. The summed E-state index contributed by atoms with van der Waals surface area (Å²) in [4.78, 5) is 18.5. The summed E-state index contributed by atoms with van der Waals surface area (Å²) in [6, 6.07) is 2.83. The number of fused-ring (bicyclic) bond motifs is 1. The lowest BCUT2D eigenvalue weighted by atomic mass is 10.2. The van der Waals surface area contributed by atoms with E-state index in [-0.39, 0.29) is 5.95 Å². The summed E-state index contributed by atoms with van der Waals surface area (Å²) in [6.45, 7) is 5.28. The minimum atomic E-state index is -0.619. The quantitative estimate of drug-likeness (QED) is 0.835. The van der Waals surface area contributed by atoms with Gasteiger partial charge in [-0.3, -0.25) is 5.32 Å². The van der Waals surface area contributed by atoms with Crippen molar-refractivity contribution in [2.75, 3.05) is 5.32 Å². The third-order valence-electron chi connectivity index (χ3n) is 2.14. The summed E-state index contributed by atoms with van der Waals surface area (Å²) in [5.41, 5.74) is 0.441. The number of carbonyl (C=O) groups excluding carboxylic acids is 1. The molecule has 0 saturated heterocycles. The van der Waals surface area contributed by atoms with Gasteiger partial charge in [-0.1, -0.05) is 0 Å². The first kappa shape index (κ1) is 13.8. The number of H-pyrrole nitrogens is 1. The molecule has 0 radical (unpaired) electrons. The maximum absolute atomic E-state index is 13.3. The summed E-state index contributed by atoms with van der Waals surface area (Å²) < 4.78 is 18.7. The van der Waals surface area contributed by atoms with Crippen molar-refractivity contribution >= 4 is 39.0 Å². The summed E-state index contributed by atoms with van der Waals surface area (Å²) in [6.07, 6.45) is -0.619. The van der Waals surface area contributed by atoms with Gasteiger partial charge in [0.2, 0.25) is 5.95 Å². The molecule has 2 rings (SSSR count). The number of aromatic amines is 1. The van der Waals surface area contributed by atoms with Gasteiger partial charge in [0.05, 0.1) is 15.5 Å². The summed E-state index contributed by atoms with van der Waals surface area (Å²) in [7, 11) is 0. The number of hydrogen-bond acceptors (Lipinski definition) is 3. The fourth-order valence-corrected chi connectivity index (χ4v) is 1.80.